The molecule has 0 amide bonds. The van der Waals surface area contributed by atoms with E-state index in [1.807, 2.05) is 30.2 Å². The molecule has 106 valence electrons. The number of aromatic nitrogens is 2. The van der Waals surface area contributed by atoms with E-state index in [-0.39, 0.29) is 6.04 Å². The molecule has 0 aliphatic carbocycles. The third-order valence-corrected chi connectivity index (χ3v) is 3.57. The monoisotopic (exact) mass is 273 g/mol. The van der Waals surface area contributed by atoms with E-state index < -0.39 is 0 Å². The Morgan fingerprint density at radius 3 is 2.85 bits per heavy atom. The Bertz CT molecular complexity index is 595. The SMILES string of the molecule is CC(NCc1cncn1C)c1ccc2c(c1)OCCO2. The van der Waals surface area contributed by atoms with Gasteiger partial charge in [-0.1, -0.05) is 6.07 Å². The van der Waals surface area contributed by atoms with Gasteiger partial charge in [-0.3, -0.25) is 0 Å². The first-order chi connectivity index (χ1) is 9.74. The third kappa shape index (κ3) is 2.63. The molecule has 1 aromatic carbocycles. The minimum Gasteiger partial charge on any atom is -0.486 e. The number of aryl methyl sites for hydroxylation is 1. The number of fused-ring (bicyclic) bond motifs is 1. The normalized spacial score (nSPS) is 15.1. The highest BCUT2D eigenvalue weighted by Crippen LogP contribution is 2.32. The van der Waals surface area contributed by atoms with Gasteiger partial charge in [-0.05, 0) is 24.6 Å². The summed E-state index contributed by atoms with van der Waals surface area (Å²) >= 11 is 0. The first kappa shape index (κ1) is 13.0. The van der Waals surface area contributed by atoms with Crippen LogP contribution in [0.4, 0.5) is 0 Å². The molecule has 1 unspecified atom stereocenters. The van der Waals surface area contributed by atoms with Crippen molar-refractivity contribution >= 4 is 0 Å². The second-order valence-electron chi connectivity index (χ2n) is 5.00. The van der Waals surface area contributed by atoms with Gasteiger partial charge in [0.25, 0.3) is 0 Å². The van der Waals surface area contributed by atoms with Crippen LogP contribution >= 0.6 is 0 Å². The van der Waals surface area contributed by atoms with E-state index in [0.29, 0.717) is 13.2 Å². The van der Waals surface area contributed by atoms with Gasteiger partial charge in [-0.25, -0.2) is 4.98 Å². The maximum absolute atomic E-state index is 5.62. The zero-order valence-corrected chi connectivity index (χ0v) is 11.8. The largest absolute Gasteiger partial charge is 0.486 e. The molecule has 0 saturated heterocycles. The van der Waals surface area contributed by atoms with Crippen LogP contribution < -0.4 is 14.8 Å². The van der Waals surface area contributed by atoms with Crippen molar-refractivity contribution in [2.45, 2.75) is 19.5 Å². The summed E-state index contributed by atoms with van der Waals surface area (Å²) in [5.41, 5.74) is 2.35. The van der Waals surface area contributed by atoms with Gasteiger partial charge in [0, 0.05) is 25.8 Å². The van der Waals surface area contributed by atoms with Crippen LogP contribution in [0.2, 0.25) is 0 Å². The van der Waals surface area contributed by atoms with Crippen molar-refractivity contribution in [2.24, 2.45) is 7.05 Å². The van der Waals surface area contributed by atoms with Gasteiger partial charge in [-0.2, -0.15) is 0 Å². The van der Waals surface area contributed by atoms with Crippen LogP contribution in [0.15, 0.2) is 30.7 Å². The first-order valence-corrected chi connectivity index (χ1v) is 6.82. The molecule has 1 aliphatic rings. The number of nitrogens with zero attached hydrogens (tertiary/aromatic N) is 2. The van der Waals surface area contributed by atoms with E-state index in [4.69, 9.17) is 9.47 Å². The number of nitrogens with one attached hydrogen (secondary N) is 1. The maximum Gasteiger partial charge on any atom is 0.161 e. The lowest BCUT2D eigenvalue weighted by molar-refractivity contribution is 0.171. The molecule has 2 heterocycles. The first-order valence-electron chi connectivity index (χ1n) is 6.82. The van der Waals surface area contributed by atoms with Gasteiger partial charge in [0.15, 0.2) is 11.5 Å². The average Bonchev–Trinajstić information content (AvgIpc) is 2.89. The van der Waals surface area contributed by atoms with Gasteiger partial charge in [0.1, 0.15) is 13.2 Å². The number of imidazole rings is 1. The van der Waals surface area contributed by atoms with Gasteiger partial charge < -0.3 is 19.4 Å². The van der Waals surface area contributed by atoms with E-state index >= 15 is 0 Å². The average molecular weight is 273 g/mol. The van der Waals surface area contributed by atoms with Gasteiger partial charge in [0.2, 0.25) is 0 Å². The molecule has 3 rings (SSSR count). The molecule has 0 fully saturated rings. The standard InChI is InChI=1S/C15H19N3O2/c1-11(17-9-13-8-16-10-18(13)2)12-3-4-14-15(7-12)20-6-5-19-14/h3-4,7-8,10-11,17H,5-6,9H2,1-2H3. The van der Waals surface area contributed by atoms with Gasteiger partial charge >= 0.3 is 0 Å². The fourth-order valence-corrected chi connectivity index (χ4v) is 2.26. The molecule has 2 aromatic rings. The van der Waals surface area contributed by atoms with Crippen LogP contribution in [0.25, 0.3) is 0 Å². The molecular formula is C15H19N3O2. The van der Waals surface area contributed by atoms with Crippen molar-refractivity contribution in [1.82, 2.24) is 14.9 Å². The third-order valence-electron chi connectivity index (χ3n) is 3.57. The summed E-state index contributed by atoms with van der Waals surface area (Å²) in [4.78, 5) is 4.12. The predicted octanol–water partition coefficient (Wildman–Crippen LogP) is 2.04. The van der Waals surface area contributed by atoms with E-state index in [1.54, 1.807) is 0 Å². The van der Waals surface area contributed by atoms with Crippen molar-refractivity contribution in [3.63, 3.8) is 0 Å². The molecule has 1 atom stereocenters. The molecule has 20 heavy (non-hydrogen) atoms. The molecule has 5 nitrogen and oxygen atoms in total. The van der Waals surface area contributed by atoms with Crippen LogP contribution in [-0.4, -0.2) is 22.8 Å². The Balaban J connectivity index is 1.67. The summed E-state index contributed by atoms with van der Waals surface area (Å²) in [5.74, 6) is 1.67. The van der Waals surface area contributed by atoms with Crippen molar-refractivity contribution < 1.29 is 9.47 Å². The van der Waals surface area contributed by atoms with Crippen LogP contribution in [-0.2, 0) is 13.6 Å². The van der Waals surface area contributed by atoms with Gasteiger partial charge in [-0.15, -0.1) is 0 Å². The second-order valence-corrected chi connectivity index (χ2v) is 5.00. The van der Waals surface area contributed by atoms with Crippen molar-refractivity contribution in [3.05, 3.63) is 42.0 Å². The number of hydrogen-bond acceptors (Lipinski definition) is 4. The zero-order valence-electron chi connectivity index (χ0n) is 11.8. The minimum atomic E-state index is 0.237. The smallest absolute Gasteiger partial charge is 0.161 e. The van der Waals surface area contributed by atoms with Crippen molar-refractivity contribution in [1.29, 1.82) is 0 Å². The lowest BCUT2D eigenvalue weighted by atomic mass is 10.1. The molecule has 0 spiro atoms. The highest BCUT2D eigenvalue weighted by Gasteiger charge is 2.14. The fourth-order valence-electron chi connectivity index (χ4n) is 2.26. The molecule has 0 saturated carbocycles. The number of benzene rings is 1. The lowest BCUT2D eigenvalue weighted by Crippen LogP contribution is -2.20. The summed E-state index contributed by atoms with van der Waals surface area (Å²) < 4.78 is 13.2. The molecular weight excluding hydrogens is 254 g/mol. The van der Waals surface area contributed by atoms with Crippen LogP contribution in [0, 0.1) is 0 Å². The second kappa shape index (κ2) is 5.54. The quantitative estimate of drug-likeness (QED) is 0.926. The Hall–Kier alpha value is -2.01. The Morgan fingerprint density at radius 2 is 2.10 bits per heavy atom. The van der Waals surface area contributed by atoms with E-state index in [1.165, 1.54) is 5.56 Å². The summed E-state index contributed by atoms with van der Waals surface area (Å²) in [6.45, 7) is 4.17. The van der Waals surface area contributed by atoms with E-state index in [0.717, 1.165) is 23.7 Å². The maximum atomic E-state index is 5.62. The molecule has 0 bridgehead atoms. The van der Waals surface area contributed by atoms with Crippen LogP contribution in [0.5, 0.6) is 11.5 Å². The predicted molar refractivity (Wildman–Crippen MR) is 75.9 cm³/mol. The minimum absolute atomic E-state index is 0.237. The van der Waals surface area contributed by atoms with E-state index in [2.05, 4.69) is 29.4 Å². The van der Waals surface area contributed by atoms with Crippen molar-refractivity contribution in [3.8, 4) is 11.5 Å². The lowest BCUT2D eigenvalue weighted by Gasteiger charge is -2.21. The molecule has 1 aromatic heterocycles. The van der Waals surface area contributed by atoms with Crippen LogP contribution in [0.3, 0.4) is 0 Å². The van der Waals surface area contributed by atoms with Gasteiger partial charge in [0.05, 0.1) is 12.0 Å². The van der Waals surface area contributed by atoms with Crippen molar-refractivity contribution in [2.75, 3.05) is 13.2 Å². The molecule has 1 aliphatic heterocycles. The zero-order chi connectivity index (χ0) is 13.9. The Morgan fingerprint density at radius 1 is 1.30 bits per heavy atom. The Labute approximate surface area is 118 Å². The van der Waals surface area contributed by atoms with E-state index in [9.17, 15) is 0 Å². The summed E-state index contributed by atoms with van der Waals surface area (Å²) in [5, 5.41) is 3.49. The number of hydrogen-bond donors (Lipinski definition) is 1. The summed E-state index contributed by atoms with van der Waals surface area (Å²) in [7, 11) is 2.00. The number of ether oxygens (including phenoxy) is 2. The highest BCUT2D eigenvalue weighted by atomic mass is 16.6. The molecule has 1 N–H and O–H groups in total. The highest BCUT2D eigenvalue weighted by molar-refractivity contribution is 5.44. The topological polar surface area (TPSA) is 48.3 Å². The summed E-state index contributed by atoms with van der Waals surface area (Å²) in [6, 6.07) is 6.34. The summed E-state index contributed by atoms with van der Waals surface area (Å²) in [6.07, 6.45) is 3.69. The Kier molecular flexibility index (Phi) is 3.60. The molecule has 0 radical (unpaired) electrons. The molecule has 5 heteroatoms. The van der Waals surface area contributed by atoms with Crippen LogP contribution in [0.1, 0.15) is 24.2 Å². The fraction of sp³-hybridized carbons (Fsp3) is 0.400. The number of rotatable bonds is 4.